The van der Waals surface area contributed by atoms with Crippen LogP contribution in [0.4, 0.5) is 0 Å². The fourth-order valence-corrected chi connectivity index (χ4v) is 1.21. The molecule has 66 valence electrons. The summed E-state index contributed by atoms with van der Waals surface area (Å²) in [5.74, 6) is 0.602. The topological polar surface area (TPSA) is 54.5 Å². The summed E-state index contributed by atoms with van der Waals surface area (Å²) in [6.45, 7) is 1.95. The molecule has 2 rings (SSSR count). The zero-order valence-electron chi connectivity index (χ0n) is 6.95. The minimum Gasteiger partial charge on any atom is -0.264 e. The van der Waals surface area contributed by atoms with Crippen LogP contribution >= 0.6 is 11.6 Å². The molecule has 0 saturated carbocycles. The standard InChI is InChI=1S/C8H7ClN4/c1-5-4-10-3-2-6(5)7-11-8(9)13-12-7/h2-4H,1H3,(H,11,12,13). The molecule has 0 fully saturated rings. The smallest absolute Gasteiger partial charge is 0.218 e. The fourth-order valence-electron chi connectivity index (χ4n) is 1.09. The van der Waals surface area contributed by atoms with Gasteiger partial charge in [-0.1, -0.05) is 0 Å². The summed E-state index contributed by atoms with van der Waals surface area (Å²) < 4.78 is 0. The Kier molecular flexibility index (Phi) is 1.98. The van der Waals surface area contributed by atoms with Crippen LogP contribution in [-0.4, -0.2) is 20.2 Å². The molecule has 0 saturated heterocycles. The number of hydrogen-bond acceptors (Lipinski definition) is 3. The Morgan fingerprint density at radius 2 is 2.31 bits per heavy atom. The van der Waals surface area contributed by atoms with E-state index in [0.29, 0.717) is 11.1 Å². The molecule has 13 heavy (non-hydrogen) atoms. The van der Waals surface area contributed by atoms with E-state index in [0.717, 1.165) is 11.1 Å². The van der Waals surface area contributed by atoms with E-state index < -0.39 is 0 Å². The highest BCUT2D eigenvalue weighted by molar-refractivity contribution is 6.28. The summed E-state index contributed by atoms with van der Waals surface area (Å²) in [5.41, 5.74) is 1.97. The van der Waals surface area contributed by atoms with Crippen LogP contribution in [0.5, 0.6) is 0 Å². The molecule has 0 aliphatic rings. The summed E-state index contributed by atoms with van der Waals surface area (Å²) >= 11 is 5.62. The minimum atomic E-state index is 0.297. The molecule has 0 atom stereocenters. The van der Waals surface area contributed by atoms with E-state index in [1.807, 2.05) is 13.0 Å². The van der Waals surface area contributed by atoms with Gasteiger partial charge in [-0.2, -0.15) is 10.1 Å². The number of aromatic amines is 1. The van der Waals surface area contributed by atoms with E-state index in [1.54, 1.807) is 12.4 Å². The Bertz CT molecular complexity index is 424. The molecule has 2 aromatic rings. The summed E-state index contributed by atoms with van der Waals surface area (Å²) in [6.07, 6.45) is 3.46. The average molecular weight is 195 g/mol. The van der Waals surface area contributed by atoms with Gasteiger partial charge in [-0.05, 0) is 30.2 Å². The van der Waals surface area contributed by atoms with Gasteiger partial charge in [0.2, 0.25) is 5.28 Å². The van der Waals surface area contributed by atoms with E-state index in [2.05, 4.69) is 20.2 Å². The summed E-state index contributed by atoms with van der Waals surface area (Å²) in [4.78, 5) is 7.99. The van der Waals surface area contributed by atoms with Crippen molar-refractivity contribution in [3.8, 4) is 11.4 Å². The van der Waals surface area contributed by atoms with Gasteiger partial charge in [0.05, 0.1) is 0 Å². The number of aromatic nitrogens is 4. The van der Waals surface area contributed by atoms with Crippen LogP contribution in [0, 0.1) is 6.92 Å². The molecule has 0 aliphatic heterocycles. The average Bonchev–Trinajstić information content (AvgIpc) is 2.53. The quantitative estimate of drug-likeness (QED) is 0.754. The lowest BCUT2D eigenvalue weighted by Gasteiger charge is -1.97. The second-order valence-electron chi connectivity index (χ2n) is 2.64. The van der Waals surface area contributed by atoms with E-state index in [4.69, 9.17) is 11.6 Å². The second-order valence-corrected chi connectivity index (χ2v) is 3.00. The van der Waals surface area contributed by atoms with Crippen molar-refractivity contribution < 1.29 is 0 Å². The number of halogens is 1. The zero-order chi connectivity index (χ0) is 9.26. The van der Waals surface area contributed by atoms with Crippen LogP contribution in [0.2, 0.25) is 5.28 Å². The number of aryl methyl sites for hydroxylation is 1. The number of rotatable bonds is 1. The van der Waals surface area contributed by atoms with Gasteiger partial charge in [-0.15, -0.1) is 0 Å². The van der Waals surface area contributed by atoms with Gasteiger partial charge in [0, 0.05) is 18.0 Å². The van der Waals surface area contributed by atoms with E-state index in [-0.39, 0.29) is 0 Å². The fraction of sp³-hybridized carbons (Fsp3) is 0.125. The minimum absolute atomic E-state index is 0.297. The van der Waals surface area contributed by atoms with Crippen LogP contribution in [0.3, 0.4) is 0 Å². The van der Waals surface area contributed by atoms with E-state index >= 15 is 0 Å². The van der Waals surface area contributed by atoms with Crippen LogP contribution in [0.1, 0.15) is 5.56 Å². The van der Waals surface area contributed by atoms with Crippen molar-refractivity contribution in [2.45, 2.75) is 6.92 Å². The van der Waals surface area contributed by atoms with Crippen LogP contribution in [-0.2, 0) is 0 Å². The SMILES string of the molecule is Cc1cnccc1-c1n[nH]c(Cl)n1. The Labute approximate surface area is 80.0 Å². The lowest BCUT2D eigenvalue weighted by molar-refractivity contribution is 1.09. The number of hydrogen-bond donors (Lipinski definition) is 1. The maximum absolute atomic E-state index is 5.62. The van der Waals surface area contributed by atoms with Gasteiger partial charge >= 0.3 is 0 Å². The predicted octanol–water partition coefficient (Wildman–Crippen LogP) is 1.83. The molecule has 0 aromatic carbocycles. The van der Waals surface area contributed by atoms with Crippen molar-refractivity contribution in [3.63, 3.8) is 0 Å². The number of pyridine rings is 1. The monoisotopic (exact) mass is 194 g/mol. The van der Waals surface area contributed by atoms with Gasteiger partial charge in [0.25, 0.3) is 0 Å². The van der Waals surface area contributed by atoms with Crippen molar-refractivity contribution in [3.05, 3.63) is 29.3 Å². The predicted molar refractivity (Wildman–Crippen MR) is 49.4 cm³/mol. The molecular formula is C8H7ClN4. The first-order valence-electron chi connectivity index (χ1n) is 3.76. The number of H-pyrrole nitrogens is 1. The first kappa shape index (κ1) is 8.19. The molecule has 1 N–H and O–H groups in total. The first-order chi connectivity index (χ1) is 6.27. The molecule has 0 aliphatic carbocycles. The third kappa shape index (κ3) is 1.53. The Balaban J connectivity index is 2.52. The molecule has 0 amide bonds. The molecule has 0 radical (unpaired) electrons. The van der Waals surface area contributed by atoms with Gasteiger partial charge in [-0.3, -0.25) is 4.98 Å². The Hall–Kier alpha value is -1.42. The third-order valence-electron chi connectivity index (χ3n) is 1.72. The molecule has 5 heteroatoms. The molecular weight excluding hydrogens is 188 g/mol. The van der Waals surface area contributed by atoms with Crippen LogP contribution in [0.15, 0.2) is 18.5 Å². The van der Waals surface area contributed by atoms with Crippen molar-refractivity contribution in [1.29, 1.82) is 0 Å². The first-order valence-corrected chi connectivity index (χ1v) is 4.14. The summed E-state index contributed by atoms with van der Waals surface area (Å²) in [6, 6.07) is 1.86. The molecule has 0 spiro atoms. The molecule has 4 nitrogen and oxygen atoms in total. The lowest BCUT2D eigenvalue weighted by Crippen LogP contribution is -1.86. The highest BCUT2D eigenvalue weighted by Gasteiger charge is 2.06. The number of nitrogens with one attached hydrogen (secondary N) is 1. The van der Waals surface area contributed by atoms with Crippen LogP contribution in [0.25, 0.3) is 11.4 Å². The van der Waals surface area contributed by atoms with Crippen molar-refractivity contribution in [2.75, 3.05) is 0 Å². The third-order valence-corrected chi connectivity index (χ3v) is 1.89. The molecule has 2 heterocycles. The van der Waals surface area contributed by atoms with Crippen molar-refractivity contribution in [1.82, 2.24) is 20.2 Å². The Morgan fingerprint density at radius 3 is 2.92 bits per heavy atom. The molecule has 2 aromatic heterocycles. The summed E-state index contributed by atoms with van der Waals surface area (Å²) in [5, 5.41) is 6.83. The van der Waals surface area contributed by atoms with Gasteiger partial charge in [0.1, 0.15) is 0 Å². The largest absolute Gasteiger partial charge is 0.264 e. The molecule has 0 bridgehead atoms. The van der Waals surface area contributed by atoms with E-state index in [1.165, 1.54) is 0 Å². The van der Waals surface area contributed by atoms with Crippen molar-refractivity contribution in [2.24, 2.45) is 0 Å². The van der Waals surface area contributed by atoms with Gasteiger partial charge < -0.3 is 0 Å². The Morgan fingerprint density at radius 1 is 1.46 bits per heavy atom. The normalized spacial score (nSPS) is 10.3. The number of nitrogens with zero attached hydrogens (tertiary/aromatic N) is 3. The van der Waals surface area contributed by atoms with E-state index in [9.17, 15) is 0 Å². The lowest BCUT2D eigenvalue weighted by atomic mass is 10.1. The highest BCUT2D eigenvalue weighted by atomic mass is 35.5. The maximum atomic E-state index is 5.62. The maximum Gasteiger partial charge on any atom is 0.218 e. The van der Waals surface area contributed by atoms with Gasteiger partial charge in [0.15, 0.2) is 5.82 Å². The zero-order valence-corrected chi connectivity index (χ0v) is 7.71. The second kappa shape index (κ2) is 3.14. The summed E-state index contributed by atoms with van der Waals surface area (Å²) in [7, 11) is 0. The van der Waals surface area contributed by atoms with Crippen molar-refractivity contribution >= 4 is 11.6 Å². The molecule has 0 unspecified atom stereocenters. The van der Waals surface area contributed by atoms with Gasteiger partial charge in [-0.25, -0.2) is 5.10 Å². The highest BCUT2D eigenvalue weighted by Crippen LogP contribution is 2.18. The van der Waals surface area contributed by atoms with Crippen LogP contribution < -0.4 is 0 Å².